The molecule has 32 heavy (non-hydrogen) atoms. The summed E-state index contributed by atoms with van der Waals surface area (Å²) in [5, 5.41) is 0. The molecule has 2 aliphatic carbocycles. The molecule has 5 rings (SSSR count). The average Bonchev–Trinajstić information content (AvgIpc) is 3.00. The summed E-state index contributed by atoms with van der Waals surface area (Å²) in [6, 6.07) is 25.1. The second-order valence-corrected chi connectivity index (χ2v) is 11.1. The summed E-state index contributed by atoms with van der Waals surface area (Å²) < 4.78 is 0. The predicted molar refractivity (Wildman–Crippen MR) is 139 cm³/mol. The highest BCUT2D eigenvalue weighted by atomic mass is 14.4. The molecular weight excluding hydrogens is 384 g/mol. The Balaban J connectivity index is 1.55. The lowest BCUT2D eigenvalue weighted by molar-refractivity contribution is 0.590. The van der Waals surface area contributed by atoms with E-state index >= 15 is 0 Å². The summed E-state index contributed by atoms with van der Waals surface area (Å²) in [4.78, 5) is 0. The molecule has 0 nitrogen and oxygen atoms in total. The first-order chi connectivity index (χ1) is 15.2. The molecule has 3 aromatic rings. The van der Waals surface area contributed by atoms with Crippen molar-refractivity contribution in [2.24, 2.45) is 0 Å². The lowest BCUT2D eigenvalue weighted by Gasteiger charge is -2.27. The highest BCUT2D eigenvalue weighted by molar-refractivity contribution is 5.94. The summed E-state index contributed by atoms with van der Waals surface area (Å²) in [5.74, 6) is 0. The summed E-state index contributed by atoms with van der Waals surface area (Å²) in [6.45, 7) is 13.9. The molecule has 0 aromatic heterocycles. The molecule has 3 aromatic carbocycles. The van der Waals surface area contributed by atoms with Crippen LogP contribution in [0.15, 0.2) is 78.4 Å². The molecule has 0 amide bonds. The number of rotatable bonds is 2. The van der Waals surface area contributed by atoms with E-state index in [9.17, 15) is 0 Å². The summed E-state index contributed by atoms with van der Waals surface area (Å²) in [7, 11) is 0. The van der Waals surface area contributed by atoms with Crippen LogP contribution in [0.4, 0.5) is 0 Å². The second kappa shape index (κ2) is 7.34. The molecule has 0 bridgehead atoms. The Morgan fingerprint density at radius 1 is 0.750 bits per heavy atom. The van der Waals surface area contributed by atoms with Gasteiger partial charge in [-0.25, -0.2) is 0 Å². The average molecular weight is 419 g/mol. The third kappa shape index (κ3) is 3.37. The number of fused-ring (bicyclic) bond motifs is 2. The summed E-state index contributed by atoms with van der Waals surface area (Å²) in [6.07, 6.45) is 4.75. The number of hydrogen-bond donors (Lipinski definition) is 0. The van der Waals surface area contributed by atoms with Crippen molar-refractivity contribution >= 4 is 11.1 Å². The van der Waals surface area contributed by atoms with Crippen molar-refractivity contribution in [2.45, 2.75) is 65.2 Å². The largest absolute Gasteiger partial charge is 0.0620 e. The molecule has 0 atom stereocenters. The monoisotopic (exact) mass is 418 g/mol. The molecule has 0 N–H and O–H groups in total. The zero-order valence-corrected chi connectivity index (χ0v) is 20.3. The van der Waals surface area contributed by atoms with Crippen molar-refractivity contribution in [2.75, 3.05) is 0 Å². The van der Waals surface area contributed by atoms with Gasteiger partial charge in [-0.05, 0) is 81.3 Å². The van der Waals surface area contributed by atoms with Crippen LogP contribution in [-0.4, -0.2) is 0 Å². The number of benzene rings is 3. The van der Waals surface area contributed by atoms with Gasteiger partial charge in [-0.2, -0.15) is 0 Å². The van der Waals surface area contributed by atoms with Gasteiger partial charge in [0.25, 0.3) is 0 Å². The normalized spacial score (nSPS) is 17.1. The van der Waals surface area contributed by atoms with Crippen LogP contribution in [0.1, 0.15) is 75.3 Å². The van der Waals surface area contributed by atoms with Gasteiger partial charge >= 0.3 is 0 Å². The van der Waals surface area contributed by atoms with Crippen LogP contribution in [-0.2, 0) is 10.8 Å². The van der Waals surface area contributed by atoms with Gasteiger partial charge < -0.3 is 0 Å². The fraction of sp³-hybridized carbons (Fsp3) is 0.312. The maximum absolute atomic E-state index is 2.48. The maximum Gasteiger partial charge on any atom is 0.0121 e. The van der Waals surface area contributed by atoms with Gasteiger partial charge in [-0.1, -0.05) is 107 Å². The molecule has 0 aliphatic heterocycles. The smallest absolute Gasteiger partial charge is 0.0121 e. The molecule has 0 heteroatoms. The van der Waals surface area contributed by atoms with Crippen molar-refractivity contribution in [1.29, 1.82) is 0 Å². The number of hydrogen-bond acceptors (Lipinski definition) is 0. The molecule has 0 saturated heterocycles. The third-order valence-corrected chi connectivity index (χ3v) is 7.60. The van der Waals surface area contributed by atoms with Crippen LogP contribution >= 0.6 is 0 Å². The van der Waals surface area contributed by atoms with Crippen LogP contribution < -0.4 is 0 Å². The first-order valence-electron chi connectivity index (χ1n) is 11.9. The molecule has 0 radical (unpaired) electrons. The molecule has 0 unspecified atom stereocenters. The van der Waals surface area contributed by atoms with Crippen molar-refractivity contribution in [3.8, 4) is 11.1 Å². The van der Waals surface area contributed by atoms with Crippen LogP contribution in [0, 0.1) is 6.92 Å². The van der Waals surface area contributed by atoms with Crippen LogP contribution in [0.25, 0.3) is 22.3 Å². The molecule has 0 saturated carbocycles. The highest BCUT2D eigenvalue weighted by Crippen LogP contribution is 2.52. The Labute approximate surface area is 193 Å². The second-order valence-electron chi connectivity index (χ2n) is 11.1. The fourth-order valence-electron chi connectivity index (χ4n) is 5.56. The van der Waals surface area contributed by atoms with Gasteiger partial charge in [0.05, 0.1) is 0 Å². The van der Waals surface area contributed by atoms with E-state index in [1.54, 1.807) is 5.57 Å². The van der Waals surface area contributed by atoms with E-state index in [0.29, 0.717) is 0 Å². The first kappa shape index (κ1) is 21.0. The summed E-state index contributed by atoms with van der Waals surface area (Å²) >= 11 is 0. The lowest BCUT2D eigenvalue weighted by Crippen LogP contribution is -2.18. The van der Waals surface area contributed by atoms with Gasteiger partial charge in [0, 0.05) is 5.41 Å². The predicted octanol–water partition coefficient (Wildman–Crippen LogP) is 8.88. The minimum atomic E-state index is 0.0831. The molecule has 0 fully saturated rings. The van der Waals surface area contributed by atoms with Gasteiger partial charge in [-0.15, -0.1) is 0 Å². The number of aryl methyl sites for hydroxylation is 1. The summed E-state index contributed by atoms with van der Waals surface area (Å²) in [5.41, 5.74) is 14.5. The standard InChI is InChI=1S/C32H34/c1-21-9-7-8-10-26(21)24-14-18-29-28(19-24)27-17-13-23(20-30(27)32(29,5)6)22-11-15-25(16-12-22)31(2,3)4/h7-13,15-17,19-20H,14,18H2,1-6H3. The van der Waals surface area contributed by atoms with Crippen molar-refractivity contribution in [1.82, 2.24) is 0 Å². The molecule has 0 spiro atoms. The Bertz CT molecular complexity index is 1250. The van der Waals surface area contributed by atoms with E-state index in [-0.39, 0.29) is 10.8 Å². The van der Waals surface area contributed by atoms with E-state index in [0.717, 1.165) is 12.8 Å². The highest BCUT2D eigenvalue weighted by Gasteiger charge is 2.38. The van der Waals surface area contributed by atoms with E-state index in [1.807, 2.05) is 0 Å². The van der Waals surface area contributed by atoms with Crippen molar-refractivity contribution < 1.29 is 0 Å². The molecule has 2 aliphatic rings. The molecule has 0 heterocycles. The first-order valence-corrected chi connectivity index (χ1v) is 11.9. The Morgan fingerprint density at radius 2 is 1.44 bits per heavy atom. The zero-order chi connectivity index (χ0) is 22.7. The van der Waals surface area contributed by atoms with Crippen molar-refractivity contribution in [3.05, 3.63) is 106 Å². The molecule has 162 valence electrons. The fourth-order valence-corrected chi connectivity index (χ4v) is 5.56. The van der Waals surface area contributed by atoms with E-state index in [2.05, 4.69) is 114 Å². The van der Waals surface area contributed by atoms with E-state index in [4.69, 9.17) is 0 Å². The van der Waals surface area contributed by atoms with Crippen LogP contribution in [0.2, 0.25) is 0 Å². The third-order valence-electron chi connectivity index (χ3n) is 7.60. The Morgan fingerprint density at radius 3 is 2.12 bits per heavy atom. The number of allylic oxidation sites excluding steroid dienone is 4. The topological polar surface area (TPSA) is 0 Å². The van der Waals surface area contributed by atoms with Gasteiger partial charge in [-0.3, -0.25) is 0 Å². The maximum atomic E-state index is 2.48. The Kier molecular flexibility index (Phi) is 4.82. The zero-order valence-electron chi connectivity index (χ0n) is 20.3. The van der Waals surface area contributed by atoms with Crippen molar-refractivity contribution in [3.63, 3.8) is 0 Å². The van der Waals surface area contributed by atoms with E-state index < -0.39 is 0 Å². The lowest BCUT2D eigenvalue weighted by atomic mass is 9.76. The van der Waals surface area contributed by atoms with Crippen LogP contribution in [0.5, 0.6) is 0 Å². The van der Waals surface area contributed by atoms with Gasteiger partial charge in [0.1, 0.15) is 0 Å². The van der Waals surface area contributed by atoms with E-state index in [1.165, 1.54) is 50.1 Å². The van der Waals surface area contributed by atoms with Gasteiger partial charge in [0.15, 0.2) is 0 Å². The van der Waals surface area contributed by atoms with Gasteiger partial charge in [0.2, 0.25) is 0 Å². The minimum Gasteiger partial charge on any atom is -0.0620 e. The van der Waals surface area contributed by atoms with Crippen LogP contribution in [0.3, 0.4) is 0 Å². The Hall–Kier alpha value is -2.86. The molecular formula is C32H34. The SMILES string of the molecule is Cc1ccccc1C1=CC2=C(CC1)C(C)(C)c1cc(-c3ccc(C(C)(C)C)cc3)ccc12. The quantitative estimate of drug-likeness (QED) is 0.390. The minimum absolute atomic E-state index is 0.0831.